The van der Waals surface area contributed by atoms with Crippen molar-refractivity contribution in [2.24, 2.45) is 0 Å². The number of fused-ring (bicyclic) bond motifs is 1. The predicted octanol–water partition coefficient (Wildman–Crippen LogP) is 2.40. The maximum Gasteiger partial charge on any atom is 0.247 e. The monoisotopic (exact) mass is 310 g/mol. The molecule has 0 unspecified atom stereocenters. The summed E-state index contributed by atoms with van der Waals surface area (Å²) in [5.41, 5.74) is -0.639. The molecule has 1 amide bonds. The standard InChI is InChI=1S/C13H15ClN4OS/c1-13(2)11(19)17(3)5-6-18(13)9-8-4-7-20-10(8)16-12(14)15-9/h4,7H,5-6H2,1-3H3. The fraction of sp³-hybridized carbons (Fsp3) is 0.462. The molecule has 0 aliphatic carbocycles. The first-order valence-electron chi connectivity index (χ1n) is 6.35. The van der Waals surface area contributed by atoms with Gasteiger partial charge in [0.15, 0.2) is 0 Å². The highest BCUT2D eigenvalue weighted by molar-refractivity contribution is 7.16. The summed E-state index contributed by atoms with van der Waals surface area (Å²) in [6.45, 7) is 5.24. The van der Waals surface area contributed by atoms with Crippen LogP contribution in [0.4, 0.5) is 5.82 Å². The molecule has 7 heteroatoms. The molecule has 3 rings (SSSR count). The van der Waals surface area contributed by atoms with Crippen LogP contribution in [0.2, 0.25) is 5.28 Å². The van der Waals surface area contributed by atoms with Gasteiger partial charge in [-0.1, -0.05) is 0 Å². The Kier molecular flexibility index (Phi) is 3.10. The van der Waals surface area contributed by atoms with E-state index < -0.39 is 5.54 Å². The fourth-order valence-electron chi connectivity index (χ4n) is 2.60. The average molecular weight is 311 g/mol. The van der Waals surface area contributed by atoms with Crippen molar-refractivity contribution in [1.29, 1.82) is 0 Å². The molecule has 1 aliphatic heterocycles. The molecule has 3 heterocycles. The second kappa shape index (κ2) is 4.56. The van der Waals surface area contributed by atoms with Gasteiger partial charge in [-0.05, 0) is 36.9 Å². The first-order chi connectivity index (χ1) is 9.41. The normalized spacial score (nSPS) is 18.9. The molecule has 2 aromatic rings. The molecule has 5 nitrogen and oxygen atoms in total. The maximum absolute atomic E-state index is 12.4. The Labute approximate surface area is 126 Å². The van der Waals surface area contributed by atoms with Gasteiger partial charge in [0, 0.05) is 20.1 Å². The Morgan fingerprint density at radius 1 is 1.35 bits per heavy atom. The number of piperazine rings is 1. The molecule has 1 aliphatic rings. The number of thiophene rings is 1. The zero-order valence-electron chi connectivity index (χ0n) is 11.6. The summed E-state index contributed by atoms with van der Waals surface area (Å²) in [6, 6.07) is 1.98. The van der Waals surface area contributed by atoms with Gasteiger partial charge >= 0.3 is 0 Å². The minimum Gasteiger partial charge on any atom is -0.342 e. The highest BCUT2D eigenvalue weighted by atomic mass is 35.5. The van der Waals surface area contributed by atoms with Crippen LogP contribution < -0.4 is 4.90 Å². The van der Waals surface area contributed by atoms with Gasteiger partial charge in [0.1, 0.15) is 16.2 Å². The summed E-state index contributed by atoms with van der Waals surface area (Å²) in [5, 5.41) is 3.13. The maximum atomic E-state index is 12.4. The first-order valence-corrected chi connectivity index (χ1v) is 7.61. The number of hydrogen-bond acceptors (Lipinski definition) is 5. The van der Waals surface area contributed by atoms with Gasteiger partial charge in [-0.25, -0.2) is 4.98 Å². The predicted molar refractivity (Wildman–Crippen MR) is 81.5 cm³/mol. The molecule has 0 radical (unpaired) electrons. The van der Waals surface area contributed by atoms with Crippen LogP contribution in [-0.2, 0) is 4.79 Å². The van der Waals surface area contributed by atoms with E-state index in [9.17, 15) is 4.79 Å². The third-order valence-corrected chi connectivity index (χ3v) is 4.71. The molecule has 1 fully saturated rings. The molecule has 0 spiro atoms. The second-order valence-corrected chi connectivity index (χ2v) is 6.63. The largest absolute Gasteiger partial charge is 0.342 e. The zero-order valence-corrected chi connectivity index (χ0v) is 13.1. The Morgan fingerprint density at radius 3 is 2.85 bits per heavy atom. The topological polar surface area (TPSA) is 49.3 Å². The minimum atomic E-state index is -0.639. The van der Waals surface area contributed by atoms with E-state index in [0.29, 0.717) is 6.54 Å². The SMILES string of the molecule is CN1CCN(c2nc(Cl)nc3sccc23)C(C)(C)C1=O. The number of halogens is 1. The third kappa shape index (κ3) is 1.94. The second-order valence-electron chi connectivity index (χ2n) is 5.39. The molecule has 106 valence electrons. The lowest BCUT2D eigenvalue weighted by Gasteiger charge is -2.45. The number of aromatic nitrogens is 2. The number of amides is 1. The molecule has 0 bridgehead atoms. The van der Waals surface area contributed by atoms with Crippen molar-refractivity contribution in [1.82, 2.24) is 14.9 Å². The molecule has 20 heavy (non-hydrogen) atoms. The summed E-state index contributed by atoms with van der Waals surface area (Å²) < 4.78 is 0. The molecular weight excluding hydrogens is 296 g/mol. The molecule has 1 saturated heterocycles. The van der Waals surface area contributed by atoms with Crippen molar-refractivity contribution in [3.05, 3.63) is 16.7 Å². The molecular formula is C13H15ClN4OS. The van der Waals surface area contributed by atoms with E-state index in [1.807, 2.05) is 37.2 Å². The molecule has 0 atom stereocenters. The highest BCUT2D eigenvalue weighted by Crippen LogP contribution is 2.34. The minimum absolute atomic E-state index is 0.0851. The Bertz CT molecular complexity index is 684. The van der Waals surface area contributed by atoms with Crippen LogP contribution in [0.15, 0.2) is 11.4 Å². The average Bonchev–Trinajstić information content (AvgIpc) is 2.83. The van der Waals surface area contributed by atoms with Crippen LogP contribution in [0, 0.1) is 0 Å². The quantitative estimate of drug-likeness (QED) is 0.759. The van der Waals surface area contributed by atoms with Gasteiger partial charge in [0.2, 0.25) is 11.2 Å². The van der Waals surface area contributed by atoms with Crippen molar-refractivity contribution >= 4 is 44.9 Å². The summed E-state index contributed by atoms with van der Waals surface area (Å²) in [5.74, 6) is 0.828. The van der Waals surface area contributed by atoms with Gasteiger partial charge in [-0.15, -0.1) is 11.3 Å². The van der Waals surface area contributed by atoms with E-state index in [2.05, 4.69) is 9.97 Å². The van der Waals surface area contributed by atoms with Gasteiger partial charge in [0.25, 0.3) is 0 Å². The van der Waals surface area contributed by atoms with Crippen molar-refractivity contribution in [3.63, 3.8) is 0 Å². The molecule has 2 aromatic heterocycles. The van der Waals surface area contributed by atoms with E-state index in [0.717, 1.165) is 22.6 Å². The number of hydrogen-bond donors (Lipinski definition) is 0. The molecule has 0 N–H and O–H groups in total. The van der Waals surface area contributed by atoms with Gasteiger partial charge in [0.05, 0.1) is 5.39 Å². The number of nitrogens with zero attached hydrogens (tertiary/aromatic N) is 4. The number of likely N-dealkylation sites (N-methyl/N-ethyl adjacent to an activating group) is 1. The van der Waals surface area contributed by atoms with Crippen LogP contribution in [0.25, 0.3) is 10.2 Å². The van der Waals surface area contributed by atoms with Crippen molar-refractivity contribution < 1.29 is 4.79 Å². The van der Waals surface area contributed by atoms with E-state index in [-0.39, 0.29) is 11.2 Å². The fourth-order valence-corrected chi connectivity index (χ4v) is 3.58. The summed E-state index contributed by atoms with van der Waals surface area (Å²) in [6.07, 6.45) is 0. The van der Waals surface area contributed by atoms with E-state index in [1.54, 1.807) is 4.90 Å². The lowest BCUT2D eigenvalue weighted by atomic mass is 9.97. The van der Waals surface area contributed by atoms with E-state index >= 15 is 0 Å². The van der Waals surface area contributed by atoms with E-state index in [1.165, 1.54) is 11.3 Å². The van der Waals surface area contributed by atoms with Crippen LogP contribution in [0.5, 0.6) is 0 Å². The van der Waals surface area contributed by atoms with Crippen molar-refractivity contribution in [2.75, 3.05) is 25.0 Å². The lowest BCUT2D eigenvalue weighted by Crippen LogP contribution is -2.62. The van der Waals surface area contributed by atoms with Crippen LogP contribution >= 0.6 is 22.9 Å². The third-order valence-electron chi connectivity index (χ3n) is 3.74. The highest BCUT2D eigenvalue weighted by Gasteiger charge is 2.41. The number of carbonyl (C=O) groups is 1. The summed E-state index contributed by atoms with van der Waals surface area (Å²) in [7, 11) is 1.83. The van der Waals surface area contributed by atoms with Crippen LogP contribution in [0.3, 0.4) is 0 Å². The van der Waals surface area contributed by atoms with Gasteiger partial charge < -0.3 is 9.80 Å². The van der Waals surface area contributed by atoms with Crippen molar-refractivity contribution in [2.45, 2.75) is 19.4 Å². The van der Waals surface area contributed by atoms with Crippen LogP contribution in [0.1, 0.15) is 13.8 Å². The summed E-state index contributed by atoms with van der Waals surface area (Å²) >= 11 is 7.54. The Hall–Kier alpha value is -1.40. The molecule has 0 aromatic carbocycles. The van der Waals surface area contributed by atoms with Crippen molar-refractivity contribution in [3.8, 4) is 0 Å². The van der Waals surface area contributed by atoms with Gasteiger partial charge in [-0.2, -0.15) is 4.98 Å². The van der Waals surface area contributed by atoms with Gasteiger partial charge in [-0.3, -0.25) is 4.79 Å². The van der Waals surface area contributed by atoms with E-state index in [4.69, 9.17) is 11.6 Å². The first kappa shape index (κ1) is 13.6. The zero-order chi connectivity index (χ0) is 14.5. The Morgan fingerprint density at radius 2 is 2.10 bits per heavy atom. The Balaban J connectivity index is 2.15. The summed E-state index contributed by atoms with van der Waals surface area (Å²) in [4.78, 5) is 25.6. The number of carbonyl (C=O) groups excluding carboxylic acids is 1. The molecule has 0 saturated carbocycles. The smallest absolute Gasteiger partial charge is 0.247 e. The lowest BCUT2D eigenvalue weighted by molar-refractivity contribution is -0.136. The number of anilines is 1. The van der Waals surface area contributed by atoms with Crippen LogP contribution in [-0.4, -0.2) is 46.5 Å². The number of rotatable bonds is 1.